The van der Waals surface area contributed by atoms with Gasteiger partial charge in [0.25, 0.3) is 0 Å². The maximum Gasteiger partial charge on any atom is 0.175 e. The average Bonchev–Trinajstić information content (AvgIpc) is 2.46. The van der Waals surface area contributed by atoms with Crippen LogP contribution in [0.1, 0.15) is 22.8 Å². The molecule has 1 nitrogen and oxygen atoms in total. The summed E-state index contributed by atoms with van der Waals surface area (Å²) in [6.45, 7) is 1.89. The monoisotopic (exact) mass is 274 g/mol. The van der Waals surface area contributed by atoms with Crippen molar-refractivity contribution in [2.45, 2.75) is 17.9 Å². The van der Waals surface area contributed by atoms with Crippen LogP contribution in [0.3, 0.4) is 0 Å². The van der Waals surface area contributed by atoms with Gasteiger partial charge in [0.2, 0.25) is 0 Å². The molecule has 0 amide bonds. The lowest BCUT2D eigenvalue weighted by molar-refractivity contribution is 0.0994. The van der Waals surface area contributed by atoms with E-state index >= 15 is 0 Å². The van der Waals surface area contributed by atoms with Crippen LogP contribution in [0.2, 0.25) is 0 Å². The van der Waals surface area contributed by atoms with E-state index in [4.69, 9.17) is 0 Å². The molecule has 0 N–H and O–H groups in total. The van der Waals surface area contributed by atoms with Crippen molar-refractivity contribution in [1.29, 1.82) is 0 Å². The van der Waals surface area contributed by atoms with Crippen LogP contribution in [0.15, 0.2) is 54.6 Å². The molecule has 2 aromatic carbocycles. The largest absolute Gasteiger partial charge is 0.293 e. The molecule has 1 atom stereocenters. The molecule has 0 aromatic heterocycles. The minimum atomic E-state index is -0.318. The Morgan fingerprint density at radius 1 is 1.11 bits per heavy atom. The fraction of sp³-hybridized carbons (Fsp3) is 0.188. The molecule has 19 heavy (non-hydrogen) atoms. The Hall–Kier alpha value is -1.61. The van der Waals surface area contributed by atoms with E-state index in [1.807, 2.05) is 37.3 Å². The summed E-state index contributed by atoms with van der Waals surface area (Å²) in [4.78, 5) is 12.1. The Labute approximate surface area is 116 Å². The van der Waals surface area contributed by atoms with E-state index < -0.39 is 0 Å². The molecule has 0 fully saturated rings. The van der Waals surface area contributed by atoms with E-state index in [0.29, 0.717) is 5.56 Å². The number of halogens is 1. The minimum Gasteiger partial charge on any atom is -0.293 e. The van der Waals surface area contributed by atoms with Crippen molar-refractivity contribution < 1.29 is 9.18 Å². The maximum atomic E-state index is 12.8. The zero-order valence-electron chi connectivity index (χ0n) is 10.7. The quantitative estimate of drug-likeness (QED) is 0.755. The van der Waals surface area contributed by atoms with Crippen molar-refractivity contribution in [3.63, 3.8) is 0 Å². The molecule has 2 aromatic rings. The first-order valence-corrected chi connectivity index (χ1v) is 7.17. The van der Waals surface area contributed by atoms with Gasteiger partial charge in [-0.2, -0.15) is 0 Å². The molecule has 98 valence electrons. The highest BCUT2D eigenvalue weighted by atomic mass is 32.2. The van der Waals surface area contributed by atoms with Crippen molar-refractivity contribution in [3.05, 3.63) is 71.5 Å². The summed E-state index contributed by atoms with van der Waals surface area (Å²) in [7, 11) is 0. The molecule has 1 unspecified atom stereocenters. The molecule has 0 saturated carbocycles. The SMILES string of the molecule is CC(SCc1ccccc1)C(=O)c1ccc(F)cc1. The fourth-order valence-electron chi connectivity index (χ4n) is 1.72. The summed E-state index contributed by atoms with van der Waals surface area (Å²) in [6.07, 6.45) is 0. The van der Waals surface area contributed by atoms with Crippen LogP contribution < -0.4 is 0 Å². The number of ketones is 1. The van der Waals surface area contributed by atoms with Gasteiger partial charge in [-0.15, -0.1) is 11.8 Å². The van der Waals surface area contributed by atoms with E-state index in [9.17, 15) is 9.18 Å². The summed E-state index contributed by atoms with van der Waals surface area (Å²) < 4.78 is 12.8. The third-order valence-corrected chi connectivity index (χ3v) is 4.05. The van der Waals surface area contributed by atoms with Gasteiger partial charge >= 0.3 is 0 Å². The first-order chi connectivity index (χ1) is 9.16. The number of carbonyl (C=O) groups excluding carboxylic acids is 1. The van der Waals surface area contributed by atoms with Crippen molar-refractivity contribution in [2.24, 2.45) is 0 Å². The van der Waals surface area contributed by atoms with Gasteiger partial charge in [0, 0.05) is 11.3 Å². The van der Waals surface area contributed by atoms with E-state index in [1.165, 1.54) is 29.8 Å². The number of hydrogen-bond donors (Lipinski definition) is 0. The van der Waals surface area contributed by atoms with Crippen LogP contribution in [0.4, 0.5) is 4.39 Å². The molecule has 0 bridgehead atoms. The highest BCUT2D eigenvalue weighted by molar-refractivity contribution is 7.99. The van der Waals surface area contributed by atoms with Gasteiger partial charge in [0.1, 0.15) is 5.82 Å². The van der Waals surface area contributed by atoms with Crippen molar-refractivity contribution in [1.82, 2.24) is 0 Å². The van der Waals surface area contributed by atoms with Gasteiger partial charge in [-0.25, -0.2) is 4.39 Å². The van der Waals surface area contributed by atoms with Crippen LogP contribution >= 0.6 is 11.8 Å². The van der Waals surface area contributed by atoms with Crippen LogP contribution in [0.5, 0.6) is 0 Å². The lowest BCUT2D eigenvalue weighted by Crippen LogP contribution is -2.13. The first-order valence-electron chi connectivity index (χ1n) is 6.12. The Balaban J connectivity index is 1.94. The number of Topliss-reactive ketones (excluding diaryl/α,β-unsaturated/α-hetero) is 1. The predicted molar refractivity (Wildman–Crippen MR) is 77.9 cm³/mol. The maximum absolute atomic E-state index is 12.8. The molecule has 0 aliphatic heterocycles. The highest BCUT2D eigenvalue weighted by Crippen LogP contribution is 2.21. The number of carbonyl (C=O) groups is 1. The van der Waals surface area contributed by atoms with Gasteiger partial charge in [-0.3, -0.25) is 4.79 Å². The molecule has 0 radical (unpaired) electrons. The number of thioether (sulfide) groups is 1. The Morgan fingerprint density at radius 3 is 2.37 bits per heavy atom. The van der Waals surface area contributed by atoms with Gasteiger partial charge in [0.05, 0.1) is 5.25 Å². The van der Waals surface area contributed by atoms with Crippen molar-refractivity contribution >= 4 is 17.5 Å². The van der Waals surface area contributed by atoms with E-state index in [2.05, 4.69) is 0 Å². The van der Waals surface area contributed by atoms with Gasteiger partial charge in [-0.05, 0) is 36.8 Å². The van der Waals surface area contributed by atoms with Gasteiger partial charge in [-0.1, -0.05) is 30.3 Å². The number of rotatable bonds is 5. The topological polar surface area (TPSA) is 17.1 Å². The number of benzene rings is 2. The van der Waals surface area contributed by atoms with Crippen molar-refractivity contribution in [2.75, 3.05) is 0 Å². The third kappa shape index (κ3) is 3.93. The Kier molecular flexibility index (Phi) is 4.74. The molecule has 3 heteroatoms. The molecule has 0 aliphatic carbocycles. The second kappa shape index (κ2) is 6.53. The summed E-state index contributed by atoms with van der Waals surface area (Å²) in [5, 5.41) is -0.134. The molecular formula is C16H15FOS. The van der Waals surface area contributed by atoms with Crippen LogP contribution in [-0.4, -0.2) is 11.0 Å². The third-order valence-electron chi connectivity index (χ3n) is 2.84. The van der Waals surface area contributed by atoms with E-state index in [0.717, 1.165) is 5.75 Å². The molecular weight excluding hydrogens is 259 g/mol. The molecule has 0 spiro atoms. The molecule has 2 rings (SSSR count). The summed E-state index contributed by atoms with van der Waals surface area (Å²) in [5.41, 5.74) is 1.76. The Morgan fingerprint density at radius 2 is 1.74 bits per heavy atom. The van der Waals surface area contributed by atoms with Crippen LogP contribution in [0, 0.1) is 5.82 Å². The standard InChI is InChI=1S/C16H15FOS/c1-12(19-11-13-5-3-2-4-6-13)16(18)14-7-9-15(17)10-8-14/h2-10,12H,11H2,1H3. The fourth-order valence-corrected chi connectivity index (χ4v) is 2.64. The normalized spacial score (nSPS) is 12.1. The predicted octanol–water partition coefficient (Wildman–Crippen LogP) is 4.33. The summed E-state index contributed by atoms with van der Waals surface area (Å²) in [5.74, 6) is 0.525. The lowest BCUT2D eigenvalue weighted by Gasteiger charge is -2.10. The zero-order valence-corrected chi connectivity index (χ0v) is 11.5. The average molecular weight is 274 g/mol. The lowest BCUT2D eigenvalue weighted by atomic mass is 10.1. The minimum absolute atomic E-state index is 0.0425. The Bertz CT molecular complexity index is 536. The smallest absolute Gasteiger partial charge is 0.175 e. The van der Waals surface area contributed by atoms with Gasteiger partial charge < -0.3 is 0 Å². The number of hydrogen-bond acceptors (Lipinski definition) is 2. The van der Waals surface area contributed by atoms with E-state index in [-0.39, 0.29) is 16.9 Å². The van der Waals surface area contributed by atoms with Crippen LogP contribution in [0.25, 0.3) is 0 Å². The van der Waals surface area contributed by atoms with Crippen molar-refractivity contribution in [3.8, 4) is 0 Å². The molecule has 0 heterocycles. The molecule has 0 aliphatic rings. The second-order valence-electron chi connectivity index (χ2n) is 4.31. The summed E-state index contributed by atoms with van der Waals surface area (Å²) in [6, 6.07) is 15.8. The second-order valence-corrected chi connectivity index (χ2v) is 5.64. The van der Waals surface area contributed by atoms with E-state index in [1.54, 1.807) is 11.8 Å². The zero-order chi connectivity index (χ0) is 13.7. The van der Waals surface area contributed by atoms with Gasteiger partial charge in [0.15, 0.2) is 5.78 Å². The van der Waals surface area contributed by atoms with Crippen LogP contribution in [-0.2, 0) is 5.75 Å². The highest BCUT2D eigenvalue weighted by Gasteiger charge is 2.15. The first kappa shape index (κ1) is 13.8. The molecule has 0 saturated heterocycles. The summed E-state index contributed by atoms with van der Waals surface area (Å²) >= 11 is 1.59.